The average Bonchev–Trinajstić information content (AvgIpc) is 3.73. The summed E-state index contributed by atoms with van der Waals surface area (Å²) in [5, 5.41) is 19.2. The maximum Gasteiger partial charge on any atom is 0.246 e. The molecular weight excluding hydrogens is 724 g/mol. The number of halogens is 1. The number of nitrogens with zero attached hydrogens (tertiary/aromatic N) is 2. The summed E-state index contributed by atoms with van der Waals surface area (Å²) in [6.45, 7) is 11.0. The molecule has 1 fully saturated rings. The summed E-state index contributed by atoms with van der Waals surface area (Å²) in [6, 6.07) is 10.1. The first-order valence-electron chi connectivity index (χ1n) is 18.9. The standard InChI is InChI=1S/C41H55FN6O6S/c1-24(12-17-34(43)50)38(52)46-31-19-27(18-30(42)20-31)10-8-7-9-11-35(51)47-37(41(4,5)6)40(54)48-22-32(49)21-33(48)39(53)45-25(2)28-13-15-29(16-14-28)36-26(3)44-23-55-36/h13-16,18-20,23-25,32-33,37,49H,7-12,17,21-22H2,1-6H3,(H2,43,50)(H,45,53)(H,46,52)(H,47,51)/t24-,25-,32+,33-,37+/m0/s1. The van der Waals surface area contributed by atoms with Crippen LogP contribution < -0.4 is 21.7 Å². The number of rotatable bonds is 17. The predicted molar refractivity (Wildman–Crippen MR) is 211 cm³/mol. The van der Waals surface area contributed by atoms with Gasteiger partial charge >= 0.3 is 0 Å². The van der Waals surface area contributed by atoms with Crippen LogP contribution in [0.3, 0.4) is 0 Å². The molecule has 3 aromatic rings. The Morgan fingerprint density at radius 1 is 1.02 bits per heavy atom. The van der Waals surface area contributed by atoms with E-state index in [9.17, 15) is 33.5 Å². The largest absolute Gasteiger partial charge is 0.391 e. The number of aromatic nitrogens is 1. The Kier molecular flexibility index (Phi) is 15.1. The van der Waals surface area contributed by atoms with Crippen molar-refractivity contribution in [2.24, 2.45) is 17.1 Å². The van der Waals surface area contributed by atoms with Crippen LogP contribution in [0.1, 0.15) is 102 Å². The van der Waals surface area contributed by atoms with E-state index in [1.807, 2.05) is 64.4 Å². The lowest BCUT2D eigenvalue weighted by Crippen LogP contribution is -2.57. The number of nitrogens with two attached hydrogens (primary N) is 1. The number of unbranched alkanes of at least 4 members (excludes halogenated alkanes) is 2. The molecule has 0 saturated carbocycles. The number of primary amides is 1. The molecule has 55 heavy (non-hydrogen) atoms. The van der Waals surface area contributed by atoms with Crippen LogP contribution in [0.2, 0.25) is 0 Å². The van der Waals surface area contributed by atoms with Crippen molar-refractivity contribution in [3.63, 3.8) is 0 Å². The smallest absolute Gasteiger partial charge is 0.246 e. The lowest BCUT2D eigenvalue weighted by atomic mass is 9.85. The normalized spacial score (nSPS) is 17.3. The van der Waals surface area contributed by atoms with Crippen LogP contribution in [0.25, 0.3) is 10.4 Å². The van der Waals surface area contributed by atoms with Gasteiger partial charge in [0.15, 0.2) is 0 Å². The van der Waals surface area contributed by atoms with E-state index in [4.69, 9.17) is 5.73 Å². The summed E-state index contributed by atoms with van der Waals surface area (Å²) >= 11 is 1.57. The summed E-state index contributed by atoms with van der Waals surface area (Å²) in [7, 11) is 0. The highest BCUT2D eigenvalue weighted by Crippen LogP contribution is 2.30. The van der Waals surface area contributed by atoms with Crippen molar-refractivity contribution in [2.75, 3.05) is 11.9 Å². The molecule has 0 unspecified atom stereocenters. The summed E-state index contributed by atoms with van der Waals surface area (Å²) in [5.74, 6) is -2.87. The van der Waals surface area contributed by atoms with Gasteiger partial charge in [0, 0.05) is 37.4 Å². The van der Waals surface area contributed by atoms with Gasteiger partial charge < -0.3 is 31.7 Å². The number of amides is 5. The lowest BCUT2D eigenvalue weighted by Gasteiger charge is -2.35. The number of hydrogen-bond donors (Lipinski definition) is 5. The first-order valence-corrected chi connectivity index (χ1v) is 19.8. The van der Waals surface area contributed by atoms with Gasteiger partial charge in [0.1, 0.15) is 17.9 Å². The van der Waals surface area contributed by atoms with Crippen molar-refractivity contribution in [1.29, 1.82) is 0 Å². The van der Waals surface area contributed by atoms with Gasteiger partial charge in [0.2, 0.25) is 29.5 Å². The first-order chi connectivity index (χ1) is 25.9. The third-order valence-corrected chi connectivity index (χ3v) is 10.9. The Labute approximate surface area is 326 Å². The number of aliphatic hydroxyl groups is 1. The minimum atomic E-state index is -0.930. The second kappa shape index (κ2) is 19.3. The maximum atomic E-state index is 14.4. The molecule has 0 spiro atoms. The molecule has 1 aliphatic rings. The van der Waals surface area contributed by atoms with Crippen molar-refractivity contribution in [3.05, 3.63) is 70.6 Å². The summed E-state index contributed by atoms with van der Waals surface area (Å²) in [4.78, 5) is 71.1. The van der Waals surface area contributed by atoms with Crippen LogP contribution in [0, 0.1) is 24.1 Å². The molecule has 0 aliphatic carbocycles. The van der Waals surface area contributed by atoms with Crippen LogP contribution >= 0.6 is 11.3 Å². The molecule has 1 saturated heterocycles. The fourth-order valence-electron chi connectivity index (χ4n) is 6.66. The van der Waals surface area contributed by atoms with Crippen LogP contribution in [0.4, 0.5) is 10.1 Å². The molecule has 0 bridgehead atoms. The third-order valence-electron chi connectivity index (χ3n) is 9.93. The fraction of sp³-hybridized carbons (Fsp3) is 0.512. The maximum absolute atomic E-state index is 14.4. The van der Waals surface area contributed by atoms with Gasteiger partial charge in [-0.2, -0.15) is 0 Å². The Bertz CT molecular complexity index is 1830. The number of aryl methyl sites for hydroxylation is 2. The molecule has 4 rings (SSSR count). The highest BCUT2D eigenvalue weighted by atomic mass is 32.1. The number of aliphatic hydroxyl groups excluding tert-OH is 1. The van der Waals surface area contributed by atoms with Crippen molar-refractivity contribution < 1.29 is 33.5 Å². The quantitative estimate of drug-likeness (QED) is 0.111. The fourth-order valence-corrected chi connectivity index (χ4v) is 7.47. The van der Waals surface area contributed by atoms with Gasteiger partial charge in [0.25, 0.3) is 0 Å². The zero-order valence-electron chi connectivity index (χ0n) is 32.6. The minimum Gasteiger partial charge on any atom is -0.391 e. The number of anilines is 1. The summed E-state index contributed by atoms with van der Waals surface area (Å²) in [6.07, 6.45) is 2.15. The Morgan fingerprint density at radius 3 is 2.36 bits per heavy atom. The number of β-amino-alcohol motifs (C(OH)–C–C–N with tert-alkyl or cyclic N) is 1. The van der Waals surface area contributed by atoms with Crippen LogP contribution in [-0.2, 0) is 30.4 Å². The van der Waals surface area contributed by atoms with E-state index < -0.39 is 47.2 Å². The van der Waals surface area contributed by atoms with Crippen molar-refractivity contribution in [1.82, 2.24) is 20.5 Å². The summed E-state index contributed by atoms with van der Waals surface area (Å²) in [5.41, 5.74) is 10.2. The van der Waals surface area contributed by atoms with E-state index in [1.165, 1.54) is 17.0 Å². The minimum absolute atomic E-state index is 0.0174. The first kappa shape index (κ1) is 43.0. The van der Waals surface area contributed by atoms with Crippen molar-refractivity contribution >= 4 is 46.6 Å². The molecule has 14 heteroatoms. The van der Waals surface area contributed by atoms with E-state index in [2.05, 4.69) is 20.9 Å². The van der Waals surface area contributed by atoms with E-state index in [-0.39, 0.29) is 49.6 Å². The molecule has 0 radical (unpaired) electrons. The Morgan fingerprint density at radius 2 is 1.73 bits per heavy atom. The average molecular weight is 779 g/mol. The van der Waals surface area contributed by atoms with Gasteiger partial charge in [-0.15, -0.1) is 11.3 Å². The molecule has 298 valence electrons. The van der Waals surface area contributed by atoms with Crippen molar-refractivity contribution in [2.45, 2.75) is 117 Å². The number of thiazole rings is 1. The molecule has 6 N–H and O–H groups in total. The van der Waals surface area contributed by atoms with Gasteiger partial charge in [0.05, 0.1) is 28.2 Å². The highest BCUT2D eigenvalue weighted by molar-refractivity contribution is 7.13. The number of benzene rings is 2. The van der Waals surface area contributed by atoms with Gasteiger partial charge in [-0.3, -0.25) is 24.0 Å². The third kappa shape index (κ3) is 12.4. The monoisotopic (exact) mass is 778 g/mol. The zero-order chi connectivity index (χ0) is 40.4. The van der Waals surface area contributed by atoms with Gasteiger partial charge in [-0.05, 0) is 79.8 Å². The van der Waals surface area contributed by atoms with E-state index in [0.29, 0.717) is 43.4 Å². The van der Waals surface area contributed by atoms with E-state index in [0.717, 1.165) is 21.7 Å². The van der Waals surface area contributed by atoms with Gasteiger partial charge in [-0.1, -0.05) is 58.4 Å². The van der Waals surface area contributed by atoms with E-state index >= 15 is 0 Å². The topological polar surface area (TPSA) is 184 Å². The molecular formula is C41H55FN6O6S. The molecule has 5 atom stereocenters. The molecule has 2 heterocycles. The number of nitrogens with one attached hydrogen (secondary N) is 3. The second-order valence-electron chi connectivity index (χ2n) is 15.7. The zero-order valence-corrected chi connectivity index (χ0v) is 33.4. The van der Waals surface area contributed by atoms with Crippen LogP contribution in [0.15, 0.2) is 48.0 Å². The Hall–Kier alpha value is -4.69. The lowest BCUT2D eigenvalue weighted by molar-refractivity contribution is -0.144. The Balaban J connectivity index is 1.28. The van der Waals surface area contributed by atoms with Gasteiger partial charge in [-0.25, -0.2) is 9.37 Å². The van der Waals surface area contributed by atoms with Crippen molar-refractivity contribution in [3.8, 4) is 10.4 Å². The van der Waals surface area contributed by atoms with Crippen LogP contribution in [0.5, 0.6) is 0 Å². The predicted octanol–water partition coefficient (Wildman–Crippen LogP) is 5.57. The summed E-state index contributed by atoms with van der Waals surface area (Å²) < 4.78 is 14.4. The van der Waals surface area contributed by atoms with E-state index in [1.54, 1.807) is 24.3 Å². The highest BCUT2D eigenvalue weighted by Gasteiger charge is 2.44. The molecule has 1 aromatic heterocycles. The molecule has 5 amide bonds. The number of likely N-dealkylation sites (tertiary alicyclic amines) is 1. The second-order valence-corrected chi connectivity index (χ2v) is 16.5. The molecule has 1 aliphatic heterocycles. The number of hydrogen-bond acceptors (Lipinski definition) is 8. The molecule has 12 nitrogen and oxygen atoms in total. The number of carbonyl (C=O) groups excluding carboxylic acids is 5. The SMILES string of the molecule is Cc1ncsc1-c1ccc([C@H](C)NC(=O)[C@@H]2C[C@@H](O)CN2C(=O)[C@@H](NC(=O)CCCCCc2cc(F)cc(NC(=O)[C@@H](C)CCC(N)=O)c2)C(C)(C)C)cc1. The van der Waals surface area contributed by atoms with Crippen LogP contribution in [-0.4, -0.2) is 69.3 Å². The molecule has 2 aromatic carbocycles. The number of carbonyl (C=O) groups is 5.